The summed E-state index contributed by atoms with van der Waals surface area (Å²) in [5, 5.41) is 19.8. The lowest BCUT2D eigenvalue weighted by Crippen LogP contribution is -2.42. The summed E-state index contributed by atoms with van der Waals surface area (Å²) < 4.78 is 0. The molecule has 2 aromatic carbocycles. The molecule has 1 fully saturated rings. The molecule has 0 bridgehead atoms. The third-order valence-electron chi connectivity index (χ3n) is 4.38. The van der Waals surface area contributed by atoms with Crippen LogP contribution >= 0.6 is 0 Å². The van der Waals surface area contributed by atoms with Gasteiger partial charge in [-0.1, -0.05) is 30.3 Å². The molecule has 1 saturated heterocycles. The van der Waals surface area contributed by atoms with Crippen LogP contribution in [0.25, 0.3) is 0 Å². The molecule has 1 aliphatic heterocycles. The Kier molecular flexibility index (Phi) is 3.86. The van der Waals surface area contributed by atoms with Crippen molar-refractivity contribution in [1.29, 1.82) is 0 Å². The van der Waals surface area contributed by atoms with E-state index in [0.717, 1.165) is 24.3 Å². The standard InChI is InChI=1S/C18H19NO3/c20-17(21)14-6-8-16(9-7-14)19-12-10-18(22,11-13-19)15-4-2-1-3-5-15/h1-9,22H,10-13H2,(H,20,21). The summed E-state index contributed by atoms with van der Waals surface area (Å²) >= 11 is 0. The monoisotopic (exact) mass is 297 g/mol. The van der Waals surface area contributed by atoms with Crippen LogP contribution in [0.15, 0.2) is 54.6 Å². The lowest BCUT2D eigenvalue weighted by atomic mass is 9.84. The number of rotatable bonds is 3. The van der Waals surface area contributed by atoms with Crippen LogP contribution in [0.5, 0.6) is 0 Å². The molecule has 22 heavy (non-hydrogen) atoms. The molecule has 0 saturated carbocycles. The van der Waals surface area contributed by atoms with E-state index in [4.69, 9.17) is 5.11 Å². The smallest absolute Gasteiger partial charge is 0.335 e. The van der Waals surface area contributed by atoms with E-state index < -0.39 is 11.6 Å². The quantitative estimate of drug-likeness (QED) is 0.914. The van der Waals surface area contributed by atoms with Crippen molar-refractivity contribution in [2.45, 2.75) is 18.4 Å². The normalized spacial score (nSPS) is 17.2. The van der Waals surface area contributed by atoms with Crippen LogP contribution in [0.2, 0.25) is 0 Å². The number of piperidine rings is 1. The van der Waals surface area contributed by atoms with E-state index in [1.807, 2.05) is 42.5 Å². The summed E-state index contributed by atoms with van der Waals surface area (Å²) in [6.45, 7) is 1.50. The second-order valence-electron chi connectivity index (χ2n) is 5.74. The molecule has 0 atom stereocenters. The Labute approximate surface area is 129 Å². The van der Waals surface area contributed by atoms with Crippen LogP contribution in [0.1, 0.15) is 28.8 Å². The van der Waals surface area contributed by atoms with Gasteiger partial charge in [-0.15, -0.1) is 0 Å². The van der Waals surface area contributed by atoms with Gasteiger partial charge in [0.05, 0.1) is 11.2 Å². The SMILES string of the molecule is O=C(O)c1ccc(N2CCC(O)(c3ccccc3)CC2)cc1. The molecule has 0 aliphatic carbocycles. The first kappa shape index (κ1) is 14.6. The molecule has 3 rings (SSSR count). The Hall–Kier alpha value is -2.33. The number of carboxylic acid groups (broad SMARTS) is 1. The number of carboxylic acids is 1. The highest BCUT2D eigenvalue weighted by molar-refractivity contribution is 5.88. The van der Waals surface area contributed by atoms with E-state index in [-0.39, 0.29) is 0 Å². The van der Waals surface area contributed by atoms with Crippen molar-refractivity contribution in [1.82, 2.24) is 0 Å². The second kappa shape index (κ2) is 5.81. The van der Waals surface area contributed by atoms with Gasteiger partial charge < -0.3 is 15.1 Å². The van der Waals surface area contributed by atoms with Crippen molar-refractivity contribution >= 4 is 11.7 Å². The first-order valence-corrected chi connectivity index (χ1v) is 7.45. The predicted molar refractivity (Wildman–Crippen MR) is 85.2 cm³/mol. The van der Waals surface area contributed by atoms with Crippen molar-refractivity contribution in [3.05, 3.63) is 65.7 Å². The summed E-state index contributed by atoms with van der Waals surface area (Å²) in [6, 6.07) is 16.7. The summed E-state index contributed by atoms with van der Waals surface area (Å²) in [5.74, 6) is -0.913. The van der Waals surface area contributed by atoms with Gasteiger partial charge in [0.25, 0.3) is 0 Å². The van der Waals surface area contributed by atoms with Crippen LogP contribution in [-0.4, -0.2) is 29.3 Å². The molecule has 2 N–H and O–H groups in total. The van der Waals surface area contributed by atoms with Crippen LogP contribution in [-0.2, 0) is 5.60 Å². The molecule has 0 unspecified atom stereocenters. The Morgan fingerprint density at radius 2 is 1.55 bits per heavy atom. The lowest BCUT2D eigenvalue weighted by molar-refractivity contribution is 0.0118. The molecule has 0 amide bonds. The Bertz CT molecular complexity index is 644. The van der Waals surface area contributed by atoms with Crippen molar-refractivity contribution < 1.29 is 15.0 Å². The molecule has 0 spiro atoms. The van der Waals surface area contributed by atoms with Crippen LogP contribution in [0, 0.1) is 0 Å². The van der Waals surface area contributed by atoms with Gasteiger partial charge in [-0.2, -0.15) is 0 Å². The van der Waals surface area contributed by atoms with Crippen molar-refractivity contribution in [2.75, 3.05) is 18.0 Å². The van der Waals surface area contributed by atoms with Gasteiger partial charge >= 0.3 is 5.97 Å². The van der Waals surface area contributed by atoms with Crippen molar-refractivity contribution in [3.63, 3.8) is 0 Å². The topological polar surface area (TPSA) is 60.8 Å². The van der Waals surface area contributed by atoms with E-state index in [9.17, 15) is 9.90 Å². The van der Waals surface area contributed by atoms with E-state index in [1.54, 1.807) is 12.1 Å². The number of aromatic carboxylic acids is 1. The Balaban J connectivity index is 1.70. The van der Waals surface area contributed by atoms with Gasteiger partial charge in [0.1, 0.15) is 0 Å². The number of hydrogen-bond donors (Lipinski definition) is 2. The number of aliphatic hydroxyl groups is 1. The van der Waals surface area contributed by atoms with Gasteiger partial charge in [-0.3, -0.25) is 0 Å². The molecular weight excluding hydrogens is 278 g/mol. The molecule has 114 valence electrons. The fourth-order valence-corrected chi connectivity index (χ4v) is 2.99. The average Bonchev–Trinajstić information content (AvgIpc) is 2.56. The molecule has 1 heterocycles. The largest absolute Gasteiger partial charge is 0.478 e. The zero-order chi connectivity index (χ0) is 15.6. The lowest BCUT2D eigenvalue weighted by Gasteiger charge is -2.39. The number of anilines is 1. The summed E-state index contributed by atoms with van der Waals surface area (Å²) in [4.78, 5) is 13.1. The number of nitrogens with zero attached hydrogens (tertiary/aromatic N) is 1. The van der Waals surface area contributed by atoms with Crippen LogP contribution in [0.3, 0.4) is 0 Å². The summed E-state index contributed by atoms with van der Waals surface area (Å²) in [5.41, 5.74) is 1.50. The van der Waals surface area contributed by atoms with E-state index in [1.165, 1.54) is 0 Å². The molecule has 2 aromatic rings. The van der Waals surface area contributed by atoms with Crippen LogP contribution < -0.4 is 4.90 Å². The zero-order valence-corrected chi connectivity index (χ0v) is 12.3. The minimum atomic E-state index is -0.913. The minimum Gasteiger partial charge on any atom is -0.478 e. The molecule has 0 radical (unpaired) electrons. The maximum absolute atomic E-state index is 10.9. The predicted octanol–water partition coefficient (Wildman–Crippen LogP) is 2.87. The van der Waals surface area contributed by atoms with Crippen molar-refractivity contribution in [2.24, 2.45) is 0 Å². The van der Waals surface area contributed by atoms with Gasteiger partial charge in [0.2, 0.25) is 0 Å². The van der Waals surface area contributed by atoms with Gasteiger partial charge in [0.15, 0.2) is 0 Å². The highest BCUT2D eigenvalue weighted by Crippen LogP contribution is 2.34. The first-order chi connectivity index (χ1) is 10.6. The highest BCUT2D eigenvalue weighted by Gasteiger charge is 2.33. The molecule has 1 aliphatic rings. The molecule has 4 nitrogen and oxygen atoms in total. The molecule has 4 heteroatoms. The number of hydrogen-bond acceptors (Lipinski definition) is 3. The Morgan fingerprint density at radius 1 is 0.955 bits per heavy atom. The zero-order valence-electron chi connectivity index (χ0n) is 12.3. The number of benzene rings is 2. The maximum atomic E-state index is 10.9. The van der Waals surface area contributed by atoms with Gasteiger partial charge in [0, 0.05) is 18.8 Å². The third-order valence-corrected chi connectivity index (χ3v) is 4.38. The highest BCUT2D eigenvalue weighted by atomic mass is 16.4. The minimum absolute atomic E-state index is 0.293. The Morgan fingerprint density at radius 3 is 2.09 bits per heavy atom. The van der Waals surface area contributed by atoms with Gasteiger partial charge in [-0.25, -0.2) is 4.79 Å². The molecular formula is C18H19NO3. The van der Waals surface area contributed by atoms with Gasteiger partial charge in [-0.05, 0) is 42.7 Å². The molecule has 0 aromatic heterocycles. The number of carbonyl (C=O) groups is 1. The summed E-state index contributed by atoms with van der Waals surface area (Å²) in [6.07, 6.45) is 1.33. The second-order valence-corrected chi connectivity index (χ2v) is 5.74. The van der Waals surface area contributed by atoms with Crippen molar-refractivity contribution in [3.8, 4) is 0 Å². The third kappa shape index (κ3) is 2.83. The fraction of sp³-hybridized carbons (Fsp3) is 0.278. The summed E-state index contributed by atoms with van der Waals surface area (Å²) in [7, 11) is 0. The van der Waals surface area contributed by atoms with E-state index in [0.29, 0.717) is 18.4 Å². The average molecular weight is 297 g/mol. The van der Waals surface area contributed by atoms with E-state index in [2.05, 4.69) is 4.90 Å². The maximum Gasteiger partial charge on any atom is 0.335 e. The van der Waals surface area contributed by atoms with Crippen LogP contribution in [0.4, 0.5) is 5.69 Å². The first-order valence-electron chi connectivity index (χ1n) is 7.45. The van der Waals surface area contributed by atoms with E-state index >= 15 is 0 Å². The fourth-order valence-electron chi connectivity index (χ4n) is 2.99.